The van der Waals surface area contributed by atoms with Gasteiger partial charge in [-0.3, -0.25) is 4.79 Å². The third-order valence-electron chi connectivity index (χ3n) is 2.95. The smallest absolute Gasteiger partial charge is 0.251 e. The van der Waals surface area contributed by atoms with Crippen molar-refractivity contribution < 1.29 is 9.90 Å². The Labute approximate surface area is 120 Å². The summed E-state index contributed by atoms with van der Waals surface area (Å²) in [6, 6.07) is 12.7. The molecule has 3 nitrogen and oxygen atoms in total. The second-order valence-corrected chi connectivity index (χ2v) is 5.08. The summed E-state index contributed by atoms with van der Waals surface area (Å²) < 4.78 is 0.961. The number of carbonyl (C=O) groups is 1. The summed E-state index contributed by atoms with van der Waals surface area (Å²) in [4.78, 5) is 12.1. The summed E-state index contributed by atoms with van der Waals surface area (Å²) in [5.41, 5.74) is 2.09. The molecule has 0 spiro atoms. The zero-order valence-corrected chi connectivity index (χ0v) is 12.1. The number of hydrogen-bond acceptors (Lipinski definition) is 2. The minimum atomic E-state index is -0.191. The standard InChI is InChI=1S/C15H14BrNO2/c1-10-12(6-4-8-14(10)18)15(19)17-9-11-5-2-3-7-13(11)16/h2-8,18H,9H2,1H3,(H,17,19). The molecule has 1 amide bonds. The predicted molar refractivity (Wildman–Crippen MR) is 78.2 cm³/mol. The number of amides is 1. The Morgan fingerprint density at radius 1 is 1.21 bits per heavy atom. The van der Waals surface area contributed by atoms with Crippen molar-refractivity contribution >= 4 is 21.8 Å². The van der Waals surface area contributed by atoms with E-state index >= 15 is 0 Å². The Morgan fingerprint density at radius 3 is 2.68 bits per heavy atom. The number of aromatic hydroxyl groups is 1. The average Bonchev–Trinajstić information content (AvgIpc) is 2.40. The molecule has 0 bridgehead atoms. The normalized spacial score (nSPS) is 10.2. The van der Waals surface area contributed by atoms with E-state index in [-0.39, 0.29) is 11.7 Å². The molecule has 0 atom stereocenters. The minimum Gasteiger partial charge on any atom is -0.508 e. The second-order valence-electron chi connectivity index (χ2n) is 4.22. The lowest BCUT2D eigenvalue weighted by Gasteiger charge is -2.09. The second kappa shape index (κ2) is 5.89. The van der Waals surface area contributed by atoms with Gasteiger partial charge in [-0.05, 0) is 30.7 Å². The molecular weight excluding hydrogens is 306 g/mol. The van der Waals surface area contributed by atoms with Crippen molar-refractivity contribution in [2.45, 2.75) is 13.5 Å². The summed E-state index contributed by atoms with van der Waals surface area (Å²) in [6.45, 7) is 2.16. The molecular formula is C15H14BrNO2. The van der Waals surface area contributed by atoms with Crippen LogP contribution in [0.4, 0.5) is 0 Å². The molecule has 2 rings (SSSR count). The van der Waals surface area contributed by atoms with Crippen molar-refractivity contribution in [1.29, 1.82) is 0 Å². The lowest BCUT2D eigenvalue weighted by molar-refractivity contribution is 0.0950. The highest BCUT2D eigenvalue weighted by Crippen LogP contribution is 2.20. The summed E-state index contributed by atoms with van der Waals surface area (Å²) in [6.07, 6.45) is 0. The fourth-order valence-electron chi connectivity index (χ4n) is 1.78. The van der Waals surface area contributed by atoms with Gasteiger partial charge in [0.2, 0.25) is 0 Å². The lowest BCUT2D eigenvalue weighted by Crippen LogP contribution is -2.23. The molecule has 0 aliphatic heterocycles. The fraction of sp³-hybridized carbons (Fsp3) is 0.133. The van der Waals surface area contributed by atoms with Gasteiger partial charge in [0, 0.05) is 22.1 Å². The van der Waals surface area contributed by atoms with Gasteiger partial charge in [-0.2, -0.15) is 0 Å². The van der Waals surface area contributed by atoms with Crippen LogP contribution >= 0.6 is 15.9 Å². The average molecular weight is 320 g/mol. The highest BCUT2D eigenvalue weighted by molar-refractivity contribution is 9.10. The van der Waals surface area contributed by atoms with Crippen LogP contribution in [0.2, 0.25) is 0 Å². The molecule has 0 saturated carbocycles. The first-order valence-corrected chi connectivity index (χ1v) is 6.69. The first-order valence-electron chi connectivity index (χ1n) is 5.90. The fourth-order valence-corrected chi connectivity index (χ4v) is 2.21. The van der Waals surface area contributed by atoms with Crippen LogP contribution in [0.15, 0.2) is 46.9 Å². The SMILES string of the molecule is Cc1c(O)cccc1C(=O)NCc1ccccc1Br. The van der Waals surface area contributed by atoms with E-state index < -0.39 is 0 Å². The first-order chi connectivity index (χ1) is 9.09. The Bertz CT molecular complexity index is 611. The molecule has 4 heteroatoms. The summed E-state index contributed by atoms with van der Waals surface area (Å²) in [5.74, 6) is -0.0577. The van der Waals surface area contributed by atoms with E-state index in [1.807, 2.05) is 24.3 Å². The molecule has 2 aromatic rings. The van der Waals surface area contributed by atoms with E-state index in [2.05, 4.69) is 21.2 Å². The topological polar surface area (TPSA) is 49.3 Å². The van der Waals surface area contributed by atoms with Gasteiger partial charge in [-0.15, -0.1) is 0 Å². The largest absolute Gasteiger partial charge is 0.508 e. The maximum absolute atomic E-state index is 12.1. The molecule has 0 aromatic heterocycles. The zero-order chi connectivity index (χ0) is 13.8. The molecule has 2 aromatic carbocycles. The zero-order valence-electron chi connectivity index (χ0n) is 10.5. The molecule has 0 aliphatic rings. The van der Waals surface area contributed by atoms with E-state index in [0.29, 0.717) is 17.7 Å². The van der Waals surface area contributed by atoms with Crippen LogP contribution < -0.4 is 5.32 Å². The molecule has 98 valence electrons. The molecule has 0 saturated heterocycles. The van der Waals surface area contributed by atoms with Crippen LogP contribution in [0.3, 0.4) is 0 Å². The third kappa shape index (κ3) is 3.15. The Morgan fingerprint density at radius 2 is 1.95 bits per heavy atom. The summed E-state index contributed by atoms with van der Waals surface area (Å²) in [7, 11) is 0. The third-order valence-corrected chi connectivity index (χ3v) is 3.72. The van der Waals surface area contributed by atoms with Crippen LogP contribution in [0.5, 0.6) is 5.75 Å². The van der Waals surface area contributed by atoms with Crippen LogP contribution in [0, 0.1) is 6.92 Å². The van der Waals surface area contributed by atoms with Crippen molar-refractivity contribution in [2.75, 3.05) is 0 Å². The molecule has 0 aliphatic carbocycles. The van der Waals surface area contributed by atoms with Gasteiger partial charge in [0.05, 0.1) is 0 Å². The van der Waals surface area contributed by atoms with Crippen molar-refractivity contribution in [3.63, 3.8) is 0 Å². The molecule has 0 fully saturated rings. The van der Waals surface area contributed by atoms with Gasteiger partial charge in [0.25, 0.3) is 5.91 Å². The maximum atomic E-state index is 12.1. The number of benzene rings is 2. The minimum absolute atomic E-state index is 0.133. The molecule has 0 heterocycles. The Kier molecular flexibility index (Phi) is 4.22. The quantitative estimate of drug-likeness (QED) is 0.911. The van der Waals surface area contributed by atoms with Crippen molar-refractivity contribution in [3.05, 3.63) is 63.6 Å². The molecule has 0 radical (unpaired) electrons. The van der Waals surface area contributed by atoms with E-state index in [1.54, 1.807) is 25.1 Å². The monoisotopic (exact) mass is 319 g/mol. The van der Waals surface area contributed by atoms with Gasteiger partial charge in [0.1, 0.15) is 5.75 Å². The maximum Gasteiger partial charge on any atom is 0.251 e. The molecule has 19 heavy (non-hydrogen) atoms. The van der Waals surface area contributed by atoms with Gasteiger partial charge >= 0.3 is 0 Å². The van der Waals surface area contributed by atoms with Gasteiger partial charge in [-0.25, -0.2) is 0 Å². The van der Waals surface area contributed by atoms with Crippen LogP contribution in [0.1, 0.15) is 21.5 Å². The van der Waals surface area contributed by atoms with Crippen LogP contribution in [0.25, 0.3) is 0 Å². The Balaban J connectivity index is 2.10. The van der Waals surface area contributed by atoms with Crippen molar-refractivity contribution in [2.24, 2.45) is 0 Å². The number of phenolic OH excluding ortho intramolecular Hbond substituents is 1. The van der Waals surface area contributed by atoms with E-state index in [0.717, 1.165) is 10.0 Å². The number of phenols is 1. The lowest BCUT2D eigenvalue weighted by atomic mass is 10.1. The number of carbonyl (C=O) groups excluding carboxylic acids is 1. The highest BCUT2D eigenvalue weighted by Gasteiger charge is 2.11. The van der Waals surface area contributed by atoms with Gasteiger partial charge in [-0.1, -0.05) is 40.2 Å². The summed E-state index contributed by atoms with van der Waals surface area (Å²) in [5, 5.41) is 12.4. The first kappa shape index (κ1) is 13.6. The number of hydrogen-bond donors (Lipinski definition) is 2. The summed E-state index contributed by atoms with van der Waals surface area (Å²) >= 11 is 3.44. The predicted octanol–water partition coefficient (Wildman–Crippen LogP) is 3.39. The van der Waals surface area contributed by atoms with Gasteiger partial charge < -0.3 is 10.4 Å². The van der Waals surface area contributed by atoms with E-state index in [9.17, 15) is 9.90 Å². The molecule has 0 unspecified atom stereocenters. The number of nitrogens with one attached hydrogen (secondary N) is 1. The van der Waals surface area contributed by atoms with E-state index in [1.165, 1.54) is 0 Å². The van der Waals surface area contributed by atoms with Crippen molar-refractivity contribution in [3.8, 4) is 5.75 Å². The van der Waals surface area contributed by atoms with E-state index in [4.69, 9.17) is 0 Å². The number of halogens is 1. The van der Waals surface area contributed by atoms with Crippen LogP contribution in [-0.4, -0.2) is 11.0 Å². The van der Waals surface area contributed by atoms with Crippen molar-refractivity contribution in [1.82, 2.24) is 5.32 Å². The highest BCUT2D eigenvalue weighted by atomic mass is 79.9. The number of rotatable bonds is 3. The Hall–Kier alpha value is -1.81. The van der Waals surface area contributed by atoms with Gasteiger partial charge in [0.15, 0.2) is 0 Å². The van der Waals surface area contributed by atoms with Crippen LogP contribution in [-0.2, 0) is 6.54 Å². The molecule has 2 N–H and O–H groups in total.